The molecule has 2 rings (SSSR count). The van der Waals surface area contributed by atoms with Gasteiger partial charge in [-0.05, 0) is 36.6 Å². The van der Waals surface area contributed by atoms with Gasteiger partial charge in [0.05, 0.1) is 6.07 Å². The van der Waals surface area contributed by atoms with Gasteiger partial charge in [0.15, 0.2) is 0 Å². The highest BCUT2D eigenvalue weighted by atomic mass is 79.9. The van der Waals surface area contributed by atoms with Gasteiger partial charge in [0.25, 0.3) is 0 Å². The summed E-state index contributed by atoms with van der Waals surface area (Å²) in [5.41, 5.74) is 0.923. The van der Waals surface area contributed by atoms with Crippen LogP contribution >= 0.6 is 27.5 Å². The van der Waals surface area contributed by atoms with Crippen LogP contribution in [-0.2, 0) is 0 Å². The lowest BCUT2D eigenvalue weighted by Gasteiger charge is -2.18. The van der Waals surface area contributed by atoms with E-state index in [0.29, 0.717) is 11.1 Å². The zero-order valence-corrected chi connectivity index (χ0v) is 11.8. The minimum atomic E-state index is -0.286. The Labute approximate surface area is 115 Å². The van der Waals surface area contributed by atoms with Crippen LogP contribution in [0.3, 0.4) is 0 Å². The molecule has 0 aliphatic heterocycles. The van der Waals surface area contributed by atoms with Crippen molar-refractivity contribution in [3.8, 4) is 6.07 Å². The van der Waals surface area contributed by atoms with Crippen LogP contribution < -0.4 is 5.32 Å². The summed E-state index contributed by atoms with van der Waals surface area (Å²) < 4.78 is 0.930. The lowest BCUT2D eigenvalue weighted by atomic mass is 10.1. The van der Waals surface area contributed by atoms with Crippen LogP contribution in [0.1, 0.15) is 37.3 Å². The van der Waals surface area contributed by atoms with E-state index in [-0.39, 0.29) is 6.04 Å². The predicted molar refractivity (Wildman–Crippen MR) is 72.9 cm³/mol. The second kappa shape index (κ2) is 5.86. The third kappa shape index (κ3) is 3.22. The van der Waals surface area contributed by atoms with Crippen LogP contribution in [0.15, 0.2) is 22.7 Å². The maximum Gasteiger partial charge on any atom is 0.122 e. The molecule has 1 fully saturated rings. The molecule has 2 nitrogen and oxygen atoms in total. The molecular formula is C13H14BrClN2. The van der Waals surface area contributed by atoms with Gasteiger partial charge in [-0.2, -0.15) is 5.26 Å². The van der Waals surface area contributed by atoms with E-state index < -0.39 is 0 Å². The van der Waals surface area contributed by atoms with E-state index in [4.69, 9.17) is 11.6 Å². The first-order valence-electron chi connectivity index (χ1n) is 5.81. The van der Waals surface area contributed by atoms with Crippen molar-refractivity contribution in [3.63, 3.8) is 0 Å². The molecule has 0 heterocycles. The Kier molecular flexibility index (Phi) is 4.44. The second-order valence-electron chi connectivity index (χ2n) is 4.38. The van der Waals surface area contributed by atoms with Crippen LogP contribution in [-0.4, -0.2) is 6.04 Å². The summed E-state index contributed by atoms with van der Waals surface area (Å²) in [4.78, 5) is 0. The average molecular weight is 314 g/mol. The van der Waals surface area contributed by atoms with Gasteiger partial charge in [-0.25, -0.2) is 0 Å². The molecule has 1 aliphatic carbocycles. The van der Waals surface area contributed by atoms with Gasteiger partial charge in [-0.3, -0.25) is 5.32 Å². The first-order valence-corrected chi connectivity index (χ1v) is 6.98. The third-order valence-corrected chi connectivity index (χ3v) is 4.11. The fourth-order valence-electron chi connectivity index (χ4n) is 2.26. The number of nitrogens with one attached hydrogen (secondary N) is 1. The molecule has 1 unspecified atom stereocenters. The normalized spacial score (nSPS) is 17.9. The van der Waals surface area contributed by atoms with Gasteiger partial charge in [0, 0.05) is 15.5 Å². The summed E-state index contributed by atoms with van der Waals surface area (Å²) in [6.45, 7) is 0. The number of benzene rings is 1. The molecule has 1 atom stereocenters. The lowest BCUT2D eigenvalue weighted by molar-refractivity contribution is 0.491. The van der Waals surface area contributed by atoms with Crippen LogP contribution in [0.2, 0.25) is 5.02 Å². The van der Waals surface area contributed by atoms with Crippen molar-refractivity contribution in [3.05, 3.63) is 33.3 Å². The van der Waals surface area contributed by atoms with Gasteiger partial charge < -0.3 is 0 Å². The monoisotopic (exact) mass is 312 g/mol. The van der Waals surface area contributed by atoms with Crippen molar-refractivity contribution in [2.45, 2.75) is 37.8 Å². The SMILES string of the molecule is N#CC(NC1CCCC1)c1cc(Cl)ccc1Br. The van der Waals surface area contributed by atoms with E-state index >= 15 is 0 Å². The quantitative estimate of drug-likeness (QED) is 0.908. The van der Waals surface area contributed by atoms with Crippen molar-refractivity contribution in [2.75, 3.05) is 0 Å². The van der Waals surface area contributed by atoms with Crippen LogP contribution in [0.4, 0.5) is 0 Å². The summed E-state index contributed by atoms with van der Waals surface area (Å²) in [5, 5.41) is 13.3. The number of rotatable bonds is 3. The van der Waals surface area contributed by atoms with Crippen LogP contribution in [0.25, 0.3) is 0 Å². The summed E-state index contributed by atoms with van der Waals surface area (Å²) in [6.07, 6.45) is 4.84. The average Bonchev–Trinajstić information content (AvgIpc) is 2.82. The maximum atomic E-state index is 9.28. The van der Waals surface area contributed by atoms with E-state index in [1.54, 1.807) is 0 Å². The molecule has 0 amide bonds. The Bertz CT molecular complexity index is 436. The van der Waals surface area contributed by atoms with E-state index in [1.807, 2.05) is 18.2 Å². The molecule has 0 bridgehead atoms. The largest absolute Gasteiger partial charge is 0.295 e. The topological polar surface area (TPSA) is 35.8 Å². The lowest BCUT2D eigenvalue weighted by Crippen LogP contribution is -2.30. The first-order chi connectivity index (χ1) is 8.20. The maximum absolute atomic E-state index is 9.28. The second-order valence-corrected chi connectivity index (χ2v) is 5.67. The molecule has 0 spiro atoms. The molecule has 90 valence electrons. The van der Waals surface area contributed by atoms with Crippen molar-refractivity contribution in [1.82, 2.24) is 5.32 Å². The van der Waals surface area contributed by atoms with E-state index in [2.05, 4.69) is 27.3 Å². The zero-order chi connectivity index (χ0) is 12.3. The minimum Gasteiger partial charge on any atom is -0.295 e. The smallest absolute Gasteiger partial charge is 0.122 e. The molecule has 0 aromatic heterocycles. The Morgan fingerprint density at radius 2 is 2.12 bits per heavy atom. The van der Waals surface area contributed by atoms with Crippen molar-refractivity contribution < 1.29 is 0 Å². The summed E-state index contributed by atoms with van der Waals surface area (Å²) in [7, 11) is 0. The van der Waals surface area contributed by atoms with Crippen molar-refractivity contribution in [1.29, 1.82) is 5.26 Å². The van der Waals surface area contributed by atoms with Crippen LogP contribution in [0, 0.1) is 11.3 Å². The Morgan fingerprint density at radius 3 is 2.76 bits per heavy atom. The van der Waals surface area contributed by atoms with Gasteiger partial charge in [0.2, 0.25) is 0 Å². The van der Waals surface area contributed by atoms with E-state index in [1.165, 1.54) is 12.8 Å². The number of hydrogen-bond donors (Lipinski definition) is 1. The van der Waals surface area contributed by atoms with Crippen molar-refractivity contribution >= 4 is 27.5 Å². The third-order valence-electron chi connectivity index (χ3n) is 3.16. The molecule has 0 radical (unpaired) electrons. The Hall–Kier alpha value is -0.560. The molecule has 1 aromatic carbocycles. The predicted octanol–water partition coefficient (Wildman–Crippen LogP) is 4.20. The van der Waals surface area contributed by atoms with Crippen molar-refractivity contribution in [2.24, 2.45) is 0 Å². The standard InChI is InChI=1S/C13H14BrClN2/c14-12-6-5-9(15)7-11(12)13(8-16)17-10-3-1-2-4-10/h5-7,10,13,17H,1-4H2. The van der Waals surface area contributed by atoms with Gasteiger partial charge in [0.1, 0.15) is 6.04 Å². The molecule has 1 saturated carbocycles. The molecule has 17 heavy (non-hydrogen) atoms. The molecule has 0 saturated heterocycles. The van der Waals surface area contributed by atoms with Gasteiger partial charge in [-0.1, -0.05) is 40.4 Å². The minimum absolute atomic E-state index is 0.286. The Morgan fingerprint density at radius 1 is 1.41 bits per heavy atom. The number of halogens is 2. The molecule has 1 aliphatic rings. The fourth-order valence-corrected chi connectivity index (χ4v) is 2.92. The van der Waals surface area contributed by atoms with E-state index in [9.17, 15) is 5.26 Å². The zero-order valence-electron chi connectivity index (χ0n) is 9.42. The molecule has 1 aromatic rings. The Balaban J connectivity index is 2.16. The van der Waals surface area contributed by atoms with Gasteiger partial charge in [-0.15, -0.1) is 0 Å². The van der Waals surface area contributed by atoms with E-state index in [0.717, 1.165) is 22.9 Å². The summed E-state index contributed by atoms with van der Waals surface area (Å²) >= 11 is 9.45. The van der Waals surface area contributed by atoms with Crippen LogP contribution in [0.5, 0.6) is 0 Å². The molecular weight excluding hydrogens is 300 g/mol. The number of hydrogen-bond acceptors (Lipinski definition) is 2. The van der Waals surface area contributed by atoms with Gasteiger partial charge >= 0.3 is 0 Å². The first kappa shape index (κ1) is 12.9. The highest BCUT2D eigenvalue weighted by Gasteiger charge is 2.21. The fraction of sp³-hybridized carbons (Fsp3) is 0.462. The highest BCUT2D eigenvalue weighted by molar-refractivity contribution is 9.10. The highest BCUT2D eigenvalue weighted by Crippen LogP contribution is 2.28. The molecule has 4 heteroatoms. The molecule has 1 N–H and O–H groups in total. The number of nitrogens with zero attached hydrogens (tertiary/aromatic N) is 1. The summed E-state index contributed by atoms with van der Waals surface area (Å²) in [5.74, 6) is 0. The summed E-state index contributed by atoms with van der Waals surface area (Å²) in [6, 6.07) is 8.05. The number of nitriles is 1.